The van der Waals surface area contributed by atoms with Crippen molar-refractivity contribution in [2.45, 2.75) is 19.9 Å². The highest BCUT2D eigenvalue weighted by atomic mass is 79.9. The van der Waals surface area contributed by atoms with Gasteiger partial charge in [0.15, 0.2) is 0 Å². The number of rotatable bonds is 4. The molecule has 0 saturated heterocycles. The minimum atomic E-state index is -0.686. The molecule has 0 aliphatic heterocycles. The van der Waals surface area contributed by atoms with Crippen molar-refractivity contribution < 1.29 is 9.31 Å². The molecular weight excluding hydrogens is 303 g/mol. The largest absolute Gasteiger partial charge is 0.366 e. The molecule has 0 radical (unpaired) electrons. The maximum absolute atomic E-state index is 13.3. The van der Waals surface area contributed by atoms with Crippen molar-refractivity contribution in [2.75, 3.05) is 5.32 Å². The third-order valence-corrected chi connectivity index (χ3v) is 3.00. The summed E-state index contributed by atoms with van der Waals surface area (Å²) in [4.78, 5) is 10.2. The van der Waals surface area contributed by atoms with Crippen molar-refractivity contribution in [3.05, 3.63) is 32.5 Å². The normalized spacial score (nSPS) is 12.0. The van der Waals surface area contributed by atoms with Gasteiger partial charge in [-0.15, -0.1) is 6.42 Å². The molecule has 96 valence electrons. The molecule has 1 aromatic rings. The van der Waals surface area contributed by atoms with Gasteiger partial charge < -0.3 is 5.32 Å². The van der Waals surface area contributed by atoms with Crippen molar-refractivity contribution >= 4 is 27.3 Å². The first kappa shape index (κ1) is 14.5. The first-order chi connectivity index (χ1) is 8.36. The maximum atomic E-state index is 13.3. The van der Waals surface area contributed by atoms with Crippen LogP contribution in [-0.4, -0.2) is 11.0 Å². The van der Waals surface area contributed by atoms with E-state index in [0.29, 0.717) is 0 Å². The first-order valence-corrected chi connectivity index (χ1v) is 6.02. The Morgan fingerprint density at radius 2 is 2.17 bits per heavy atom. The maximum Gasteiger partial charge on any atom is 0.295 e. The zero-order chi connectivity index (χ0) is 13.9. The molecule has 1 atom stereocenters. The minimum absolute atomic E-state index is 0.0958. The van der Waals surface area contributed by atoms with Crippen LogP contribution in [0.4, 0.5) is 15.8 Å². The fourth-order valence-corrected chi connectivity index (χ4v) is 1.71. The van der Waals surface area contributed by atoms with Gasteiger partial charge in [-0.3, -0.25) is 10.1 Å². The number of anilines is 1. The highest BCUT2D eigenvalue weighted by Crippen LogP contribution is 2.31. The van der Waals surface area contributed by atoms with Crippen LogP contribution in [0.15, 0.2) is 16.6 Å². The average Bonchev–Trinajstić information content (AvgIpc) is 2.29. The monoisotopic (exact) mass is 314 g/mol. The number of terminal acetylenes is 1. The molecule has 0 bridgehead atoms. The van der Waals surface area contributed by atoms with Gasteiger partial charge in [0.25, 0.3) is 5.69 Å². The Morgan fingerprint density at radius 3 is 2.61 bits per heavy atom. The molecule has 0 aromatic heterocycles. The fraction of sp³-hybridized carbons (Fsp3) is 0.333. The smallest absolute Gasteiger partial charge is 0.295 e. The summed E-state index contributed by atoms with van der Waals surface area (Å²) < 4.78 is 13.4. The van der Waals surface area contributed by atoms with Gasteiger partial charge in [0.05, 0.1) is 21.5 Å². The third-order valence-electron chi connectivity index (χ3n) is 2.39. The Kier molecular flexibility index (Phi) is 4.68. The Morgan fingerprint density at radius 1 is 1.56 bits per heavy atom. The van der Waals surface area contributed by atoms with E-state index in [-0.39, 0.29) is 27.8 Å². The summed E-state index contributed by atoms with van der Waals surface area (Å²) in [7, 11) is 0. The highest BCUT2D eigenvalue weighted by molar-refractivity contribution is 9.10. The predicted octanol–water partition coefficient (Wildman–Crippen LogP) is 3.57. The summed E-state index contributed by atoms with van der Waals surface area (Å²) in [5.41, 5.74) is -0.137. The van der Waals surface area contributed by atoms with Crippen molar-refractivity contribution in [1.82, 2.24) is 0 Å². The van der Waals surface area contributed by atoms with Gasteiger partial charge in [-0.2, -0.15) is 0 Å². The molecule has 1 N–H and O–H groups in total. The predicted molar refractivity (Wildman–Crippen MR) is 71.8 cm³/mol. The quantitative estimate of drug-likeness (QED) is 0.525. The second kappa shape index (κ2) is 5.83. The van der Waals surface area contributed by atoms with Gasteiger partial charge in [0.2, 0.25) is 0 Å². The van der Waals surface area contributed by atoms with E-state index in [1.807, 2.05) is 13.8 Å². The SMILES string of the molecule is C#CC(Nc1cc(Br)c(F)cc1[N+](=O)[O-])C(C)C. The number of hydrogen-bond acceptors (Lipinski definition) is 3. The molecule has 0 heterocycles. The molecule has 0 amide bonds. The van der Waals surface area contributed by atoms with Gasteiger partial charge in [-0.25, -0.2) is 4.39 Å². The van der Waals surface area contributed by atoms with Crippen LogP contribution in [0, 0.1) is 34.2 Å². The molecule has 4 nitrogen and oxygen atoms in total. The lowest BCUT2D eigenvalue weighted by Crippen LogP contribution is -2.24. The van der Waals surface area contributed by atoms with E-state index in [0.717, 1.165) is 6.07 Å². The van der Waals surface area contributed by atoms with Crippen LogP contribution in [-0.2, 0) is 0 Å². The number of hydrogen-bond donors (Lipinski definition) is 1. The van der Waals surface area contributed by atoms with Gasteiger partial charge in [0.1, 0.15) is 11.5 Å². The number of benzene rings is 1. The number of nitrogens with zero attached hydrogens (tertiary/aromatic N) is 1. The summed E-state index contributed by atoms with van der Waals surface area (Å²) in [5, 5.41) is 13.7. The van der Waals surface area contributed by atoms with Gasteiger partial charge >= 0.3 is 0 Å². The van der Waals surface area contributed by atoms with E-state index >= 15 is 0 Å². The van der Waals surface area contributed by atoms with Crippen LogP contribution in [0.3, 0.4) is 0 Å². The minimum Gasteiger partial charge on any atom is -0.366 e. The van der Waals surface area contributed by atoms with Crippen LogP contribution >= 0.6 is 15.9 Å². The van der Waals surface area contributed by atoms with Crippen LogP contribution < -0.4 is 5.32 Å². The van der Waals surface area contributed by atoms with Crippen molar-refractivity contribution in [3.63, 3.8) is 0 Å². The highest BCUT2D eigenvalue weighted by Gasteiger charge is 2.20. The average molecular weight is 315 g/mol. The molecule has 6 heteroatoms. The van der Waals surface area contributed by atoms with E-state index in [2.05, 4.69) is 27.2 Å². The summed E-state index contributed by atoms with van der Waals surface area (Å²) >= 11 is 2.99. The molecule has 0 fully saturated rings. The van der Waals surface area contributed by atoms with Gasteiger partial charge in [-0.1, -0.05) is 19.8 Å². The van der Waals surface area contributed by atoms with Crippen LogP contribution in [0.5, 0.6) is 0 Å². The third kappa shape index (κ3) is 3.20. The fourth-order valence-electron chi connectivity index (χ4n) is 1.37. The molecule has 0 aliphatic rings. The van der Waals surface area contributed by atoms with Crippen LogP contribution in [0.25, 0.3) is 0 Å². The second-order valence-corrected chi connectivity index (χ2v) is 4.93. The summed E-state index contributed by atoms with van der Waals surface area (Å²) in [6, 6.07) is 1.82. The molecule has 0 saturated carbocycles. The Balaban J connectivity index is 3.19. The number of nitrogens with one attached hydrogen (secondary N) is 1. The summed E-state index contributed by atoms with van der Waals surface area (Å²) in [5.74, 6) is 1.92. The first-order valence-electron chi connectivity index (χ1n) is 5.23. The lowest BCUT2D eigenvalue weighted by Gasteiger charge is -2.18. The molecule has 1 aromatic carbocycles. The van der Waals surface area contributed by atoms with Crippen LogP contribution in [0.1, 0.15) is 13.8 Å². The van der Waals surface area contributed by atoms with E-state index < -0.39 is 10.7 Å². The number of halogens is 2. The molecule has 1 unspecified atom stereocenters. The van der Waals surface area contributed by atoms with E-state index in [1.54, 1.807) is 0 Å². The number of nitro benzene ring substituents is 1. The van der Waals surface area contributed by atoms with E-state index in [1.165, 1.54) is 6.07 Å². The van der Waals surface area contributed by atoms with E-state index in [9.17, 15) is 14.5 Å². The lowest BCUT2D eigenvalue weighted by atomic mass is 10.0. The number of nitro groups is 1. The second-order valence-electron chi connectivity index (χ2n) is 4.07. The Hall–Kier alpha value is -1.61. The Labute approximate surface area is 113 Å². The summed E-state index contributed by atoms with van der Waals surface area (Å²) in [6.07, 6.45) is 5.35. The van der Waals surface area contributed by atoms with Crippen molar-refractivity contribution in [1.29, 1.82) is 0 Å². The van der Waals surface area contributed by atoms with Crippen LogP contribution in [0.2, 0.25) is 0 Å². The Bertz CT molecular complexity index is 512. The molecule has 18 heavy (non-hydrogen) atoms. The molecular formula is C12H12BrFN2O2. The van der Waals surface area contributed by atoms with Crippen molar-refractivity contribution in [3.8, 4) is 12.3 Å². The van der Waals surface area contributed by atoms with Crippen molar-refractivity contribution in [2.24, 2.45) is 5.92 Å². The lowest BCUT2D eigenvalue weighted by molar-refractivity contribution is -0.384. The molecule has 0 spiro atoms. The zero-order valence-corrected chi connectivity index (χ0v) is 11.5. The summed E-state index contributed by atoms with van der Waals surface area (Å²) in [6.45, 7) is 3.78. The molecule has 1 rings (SSSR count). The van der Waals surface area contributed by atoms with Gasteiger partial charge in [0, 0.05) is 0 Å². The van der Waals surface area contributed by atoms with Gasteiger partial charge in [-0.05, 0) is 27.9 Å². The molecule has 0 aliphatic carbocycles. The zero-order valence-electron chi connectivity index (χ0n) is 9.91. The standard InChI is InChI=1S/C12H12BrFN2O2/c1-4-10(7(2)3)15-11-5-8(13)9(14)6-12(11)16(17)18/h1,5-7,10,15H,2-3H3. The topological polar surface area (TPSA) is 55.2 Å². The van der Waals surface area contributed by atoms with E-state index in [4.69, 9.17) is 6.42 Å².